The summed E-state index contributed by atoms with van der Waals surface area (Å²) in [4.78, 5) is -1.91. The Balaban J connectivity index is 3.41. The third-order valence-electron chi connectivity index (χ3n) is 1.55. The first-order valence-corrected chi connectivity index (χ1v) is 5.75. The van der Waals surface area contributed by atoms with Crippen molar-refractivity contribution in [3.8, 4) is 11.8 Å². The maximum absolute atomic E-state index is 12.3. The lowest BCUT2D eigenvalue weighted by atomic mass is 10.2. The van der Waals surface area contributed by atoms with Crippen LogP contribution in [0.3, 0.4) is 0 Å². The van der Waals surface area contributed by atoms with E-state index in [-0.39, 0.29) is 5.56 Å². The van der Waals surface area contributed by atoms with Crippen molar-refractivity contribution >= 4 is 10.2 Å². The summed E-state index contributed by atoms with van der Waals surface area (Å²) in [5.41, 5.74) is -0.0803. The van der Waals surface area contributed by atoms with E-state index in [0.29, 0.717) is 12.1 Å². The molecule has 1 rings (SSSR count). The molecule has 15 heavy (non-hydrogen) atoms. The Hall–Kier alpha value is -1.22. The standard InChI is InChI=1S/C9H7F5S/c1-2-4-8-5-3-6-9(7-8)15(10,11,12,13)14/h3,5-7H,1H3. The van der Waals surface area contributed by atoms with Crippen molar-refractivity contribution in [2.75, 3.05) is 0 Å². The van der Waals surface area contributed by atoms with E-state index in [1.165, 1.54) is 13.0 Å². The molecule has 0 unspecified atom stereocenters. The minimum absolute atomic E-state index is 0.0803. The maximum atomic E-state index is 12.3. The Labute approximate surface area is 83.8 Å². The van der Waals surface area contributed by atoms with Crippen molar-refractivity contribution in [1.82, 2.24) is 0 Å². The summed E-state index contributed by atoms with van der Waals surface area (Å²) in [6.07, 6.45) is 0. The summed E-state index contributed by atoms with van der Waals surface area (Å²) in [6, 6.07) is 2.86. The van der Waals surface area contributed by atoms with Crippen LogP contribution in [0.15, 0.2) is 29.2 Å². The summed E-state index contributed by atoms with van der Waals surface area (Å²) < 4.78 is 61.6. The first kappa shape index (κ1) is 11.9. The van der Waals surface area contributed by atoms with E-state index in [0.717, 1.165) is 6.07 Å². The van der Waals surface area contributed by atoms with E-state index < -0.39 is 15.1 Å². The third-order valence-corrected chi connectivity index (χ3v) is 2.69. The average molecular weight is 242 g/mol. The second kappa shape index (κ2) is 2.67. The van der Waals surface area contributed by atoms with E-state index in [1.807, 2.05) is 0 Å². The predicted octanol–water partition coefficient (Wildman–Crippen LogP) is 4.72. The fraction of sp³-hybridized carbons (Fsp3) is 0.111. The molecule has 0 nitrogen and oxygen atoms in total. The van der Waals surface area contributed by atoms with Crippen LogP contribution in [0.1, 0.15) is 12.5 Å². The summed E-state index contributed by atoms with van der Waals surface area (Å²) in [5, 5.41) is 0. The smallest absolute Gasteiger partial charge is 0.101 e. The Morgan fingerprint density at radius 1 is 1.07 bits per heavy atom. The fourth-order valence-corrected chi connectivity index (χ4v) is 1.64. The number of hydrogen-bond acceptors (Lipinski definition) is 0. The molecule has 6 heteroatoms. The van der Waals surface area contributed by atoms with E-state index in [4.69, 9.17) is 0 Å². The normalized spacial score (nSPS) is 15.9. The first-order chi connectivity index (χ1) is 6.53. The van der Waals surface area contributed by atoms with Gasteiger partial charge in [0, 0.05) is 5.56 Å². The molecule has 0 saturated carbocycles. The zero-order valence-electron chi connectivity index (χ0n) is 7.61. The van der Waals surface area contributed by atoms with Crippen molar-refractivity contribution < 1.29 is 19.4 Å². The zero-order valence-corrected chi connectivity index (χ0v) is 8.42. The minimum Gasteiger partial charge on any atom is -0.101 e. The number of halogens is 5. The minimum atomic E-state index is -9.56. The van der Waals surface area contributed by atoms with Crippen molar-refractivity contribution in [2.45, 2.75) is 11.8 Å². The van der Waals surface area contributed by atoms with Crippen molar-refractivity contribution in [2.24, 2.45) is 0 Å². The van der Waals surface area contributed by atoms with E-state index >= 15 is 0 Å². The van der Waals surface area contributed by atoms with Crippen LogP contribution >= 0.6 is 10.2 Å². The molecule has 0 radical (unpaired) electrons. The van der Waals surface area contributed by atoms with Crippen LogP contribution in [0.25, 0.3) is 0 Å². The lowest BCUT2D eigenvalue weighted by Gasteiger charge is -2.40. The molecule has 1 aromatic carbocycles. The Morgan fingerprint density at radius 2 is 1.67 bits per heavy atom. The van der Waals surface area contributed by atoms with Crippen molar-refractivity contribution in [3.05, 3.63) is 29.8 Å². The van der Waals surface area contributed by atoms with Gasteiger partial charge in [0.05, 0.1) is 0 Å². The molecular formula is C9H7F5S. The van der Waals surface area contributed by atoms with Crippen molar-refractivity contribution in [1.29, 1.82) is 0 Å². The van der Waals surface area contributed by atoms with Gasteiger partial charge in [-0.1, -0.05) is 31.4 Å². The molecule has 0 bridgehead atoms. The molecule has 0 fully saturated rings. The molecule has 0 saturated heterocycles. The largest absolute Gasteiger partial charge is 0.310 e. The van der Waals surface area contributed by atoms with Gasteiger partial charge in [-0.2, -0.15) is 0 Å². The number of rotatable bonds is 1. The average Bonchev–Trinajstić information content (AvgIpc) is 2.01. The molecule has 0 aliphatic carbocycles. The molecule has 1 aromatic rings. The molecule has 0 heterocycles. The quantitative estimate of drug-likeness (QED) is 0.494. The maximum Gasteiger partial charge on any atom is 0.310 e. The Kier molecular flexibility index (Phi) is 2.11. The Morgan fingerprint density at radius 3 is 2.13 bits per heavy atom. The molecule has 0 aliphatic rings. The van der Waals surface area contributed by atoms with Gasteiger partial charge in [0.15, 0.2) is 0 Å². The van der Waals surface area contributed by atoms with Gasteiger partial charge in [0.2, 0.25) is 0 Å². The van der Waals surface area contributed by atoms with Gasteiger partial charge >= 0.3 is 10.2 Å². The highest BCUT2D eigenvalue weighted by atomic mass is 32.5. The van der Waals surface area contributed by atoms with Crippen LogP contribution in [-0.4, -0.2) is 0 Å². The highest BCUT2D eigenvalue weighted by molar-refractivity contribution is 8.45. The Bertz CT molecular complexity index is 448. The van der Waals surface area contributed by atoms with Crippen LogP contribution in [0.5, 0.6) is 0 Å². The van der Waals surface area contributed by atoms with Gasteiger partial charge in [-0.25, -0.2) is 0 Å². The van der Waals surface area contributed by atoms with Crippen LogP contribution in [0.2, 0.25) is 0 Å². The van der Waals surface area contributed by atoms with E-state index in [2.05, 4.69) is 11.8 Å². The van der Waals surface area contributed by atoms with E-state index in [1.54, 1.807) is 0 Å². The van der Waals surface area contributed by atoms with Gasteiger partial charge < -0.3 is 0 Å². The second-order valence-corrected chi connectivity index (χ2v) is 5.28. The number of hydrogen-bond donors (Lipinski definition) is 0. The fourth-order valence-electron chi connectivity index (χ4n) is 0.958. The third kappa shape index (κ3) is 3.13. The number of benzene rings is 1. The van der Waals surface area contributed by atoms with Crippen LogP contribution in [-0.2, 0) is 0 Å². The molecule has 0 N–H and O–H groups in total. The van der Waals surface area contributed by atoms with Crippen LogP contribution in [0, 0.1) is 11.8 Å². The molecule has 0 amide bonds. The molecule has 0 aliphatic heterocycles. The predicted molar refractivity (Wildman–Crippen MR) is 50.4 cm³/mol. The lowest BCUT2D eigenvalue weighted by molar-refractivity contribution is 0.364. The first-order valence-electron chi connectivity index (χ1n) is 3.80. The second-order valence-electron chi connectivity index (χ2n) is 2.87. The van der Waals surface area contributed by atoms with Gasteiger partial charge in [-0.15, -0.1) is 5.92 Å². The molecular weight excluding hydrogens is 235 g/mol. The van der Waals surface area contributed by atoms with Gasteiger partial charge in [0.1, 0.15) is 4.90 Å². The zero-order chi connectivity index (χ0) is 11.8. The highest BCUT2D eigenvalue weighted by Gasteiger charge is 2.65. The van der Waals surface area contributed by atoms with Gasteiger partial charge in [-0.05, 0) is 25.1 Å². The van der Waals surface area contributed by atoms with Crippen LogP contribution in [0.4, 0.5) is 19.4 Å². The molecule has 0 aromatic heterocycles. The topological polar surface area (TPSA) is 0 Å². The van der Waals surface area contributed by atoms with Gasteiger partial charge in [0.25, 0.3) is 0 Å². The van der Waals surface area contributed by atoms with Crippen molar-refractivity contribution in [3.63, 3.8) is 0 Å². The molecule has 84 valence electrons. The summed E-state index contributed by atoms with van der Waals surface area (Å²) in [6.45, 7) is 1.41. The summed E-state index contributed by atoms with van der Waals surface area (Å²) >= 11 is 0. The van der Waals surface area contributed by atoms with Crippen LogP contribution < -0.4 is 0 Å². The monoisotopic (exact) mass is 242 g/mol. The summed E-state index contributed by atoms with van der Waals surface area (Å²) in [5.74, 6) is 4.63. The molecule has 0 atom stereocenters. The van der Waals surface area contributed by atoms with Gasteiger partial charge in [-0.3, -0.25) is 0 Å². The highest BCUT2D eigenvalue weighted by Crippen LogP contribution is 3.02. The SMILES string of the molecule is CC#Cc1cccc(S(F)(F)(F)(F)F)c1. The molecule has 0 spiro atoms. The summed E-state index contributed by atoms with van der Waals surface area (Å²) in [7, 11) is -9.56. The lowest BCUT2D eigenvalue weighted by Crippen LogP contribution is -2.05. The van der Waals surface area contributed by atoms with E-state index in [9.17, 15) is 19.4 Å².